The maximum Gasteiger partial charge on any atom is 0.247 e. The van der Waals surface area contributed by atoms with Gasteiger partial charge in [0.15, 0.2) is 0 Å². The molecule has 1 saturated heterocycles. The number of benzene rings is 2. The van der Waals surface area contributed by atoms with E-state index in [2.05, 4.69) is 27.2 Å². The van der Waals surface area contributed by atoms with Gasteiger partial charge in [-0.1, -0.05) is 23.7 Å². The summed E-state index contributed by atoms with van der Waals surface area (Å²) >= 11 is 5.93. The maximum absolute atomic E-state index is 5.93. The number of hydrogen-bond acceptors (Lipinski definition) is 5. The summed E-state index contributed by atoms with van der Waals surface area (Å²) in [4.78, 5) is 2.42. The average molecular weight is 370 g/mol. The molecule has 0 amide bonds. The second-order valence-corrected chi connectivity index (χ2v) is 6.96. The standard InChI is InChI=1S/C20H20ClN3O2/c1-25-18-8-2-14(3-9-18)12-24-11-10-16(13-24)20-23-22-19(26-20)15-4-6-17(21)7-5-15/h2-9,16H,10-13H2,1H3/t16-/m0/s1. The zero-order valence-corrected chi connectivity index (χ0v) is 15.3. The van der Waals surface area contributed by atoms with Crippen LogP contribution in [-0.2, 0) is 6.54 Å². The van der Waals surface area contributed by atoms with Gasteiger partial charge in [-0.3, -0.25) is 4.90 Å². The molecule has 0 saturated carbocycles. The number of nitrogens with zero attached hydrogens (tertiary/aromatic N) is 3. The summed E-state index contributed by atoms with van der Waals surface area (Å²) in [5.41, 5.74) is 2.17. The third-order valence-corrected chi connectivity index (χ3v) is 4.97. The lowest BCUT2D eigenvalue weighted by Gasteiger charge is -2.15. The van der Waals surface area contributed by atoms with Crippen LogP contribution in [0.15, 0.2) is 52.9 Å². The van der Waals surface area contributed by atoms with E-state index in [0.29, 0.717) is 16.8 Å². The number of hydrogen-bond donors (Lipinski definition) is 0. The summed E-state index contributed by atoms with van der Waals surface area (Å²) in [5, 5.41) is 9.16. The number of aromatic nitrogens is 2. The van der Waals surface area contributed by atoms with Gasteiger partial charge < -0.3 is 9.15 Å². The van der Waals surface area contributed by atoms with Crippen molar-refractivity contribution in [1.82, 2.24) is 15.1 Å². The number of rotatable bonds is 5. The normalized spacial score (nSPS) is 17.5. The zero-order valence-electron chi connectivity index (χ0n) is 14.6. The molecule has 4 rings (SSSR count). The van der Waals surface area contributed by atoms with Gasteiger partial charge in [0, 0.05) is 23.7 Å². The van der Waals surface area contributed by atoms with Gasteiger partial charge in [0.05, 0.1) is 13.0 Å². The third kappa shape index (κ3) is 3.74. The van der Waals surface area contributed by atoms with Gasteiger partial charge in [0.2, 0.25) is 11.8 Å². The highest BCUT2D eigenvalue weighted by molar-refractivity contribution is 6.30. The minimum absolute atomic E-state index is 0.279. The first-order valence-electron chi connectivity index (χ1n) is 8.66. The van der Waals surface area contributed by atoms with Gasteiger partial charge in [-0.25, -0.2) is 0 Å². The van der Waals surface area contributed by atoms with Crippen LogP contribution >= 0.6 is 11.6 Å². The zero-order chi connectivity index (χ0) is 17.9. The topological polar surface area (TPSA) is 51.4 Å². The molecule has 2 aromatic carbocycles. The molecule has 5 nitrogen and oxygen atoms in total. The summed E-state index contributed by atoms with van der Waals surface area (Å²) in [6.07, 6.45) is 1.03. The Kier molecular flexibility index (Phi) is 4.91. The molecular formula is C20H20ClN3O2. The Labute approximate surface area is 157 Å². The van der Waals surface area contributed by atoms with E-state index in [0.717, 1.165) is 37.4 Å². The summed E-state index contributed by atoms with van der Waals surface area (Å²) in [6, 6.07) is 15.7. The lowest BCUT2D eigenvalue weighted by Crippen LogP contribution is -2.19. The molecule has 0 bridgehead atoms. The maximum atomic E-state index is 5.93. The van der Waals surface area contributed by atoms with Gasteiger partial charge in [-0.2, -0.15) is 0 Å². The van der Waals surface area contributed by atoms with Crippen molar-refractivity contribution in [2.45, 2.75) is 18.9 Å². The lowest BCUT2D eigenvalue weighted by molar-refractivity contribution is 0.320. The first-order valence-corrected chi connectivity index (χ1v) is 9.03. The van der Waals surface area contributed by atoms with Crippen LogP contribution in [-0.4, -0.2) is 35.3 Å². The Hall–Kier alpha value is -2.37. The SMILES string of the molecule is COc1ccc(CN2CC[C@H](c3nnc(-c4ccc(Cl)cc4)o3)C2)cc1. The van der Waals surface area contributed by atoms with Gasteiger partial charge >= 0.3 is 0 Å². The predicted molar refractivity (Wildman–Crippen MR) is 100 cm³/mol. The Balaban J connectivity index is 1.40. The van der Waals surface area contributed by atoms with Crippen molar-refractivity contribution >= 4 is 11.6 Å². The molecule has 1 fully saturated rings. The Morgan fingerprint density at radius 2 is 1.88 bits per heavy atom. The van der Waals surface area contributed by atoms with Gasteiger partial charge in [0.1, 0.15) is 5.75 Å². The Morgan fingerprint density at radius 3 is 2.62 bits per heavy atom. The predicted octanol–water partition coefficient (Wildman–Crippen LogP) is 4.39. The summed E-state index contributed by atoms with van der Waals surface area (Å²) in [5.74, 6) is 2.42. The Morgan fingerprint density at radius 1 is 1.12 bits per heavy atom. The highest BCUT2D eigenvalue weighted by Crippen LogP contribution is 2.30. The van der Waals surface area contributed by atoms with Crippen LogP contribution in [0.5, 0.6) is 5.75 Å². The van der Waals surface area contributed by atoms with E-state index in [1.54, 1.807) is 7.11 Å². The molecule has 3 aromatic rings. The van der Waals surface area contributed by atoms with Gasteiger partial charge in [0.25, 0.3) is 0 Å². The van der Waals surface area contributed by atoms with Crippen LogP contribution in [0.1, 0.15) is 23.8 Å². The lowest BCUT2D eigenvalue weighted by atomic mass is 10.1. The molecule has 6 heteroatoms. The minimum Gasteiger partial charge on any atom is -0.497 e. The molecule has 1 atom stereocenters. The van der Waals surface area contributed by atoms with Gasteiger partial charge in [-0.05, 0) is 54.9 Å². The smallest absolute Gasteiger partial charge is 0.247 e. The molecule has 0 spiro atoms. The average Bonchev–Trinajstić information content (AvgIpc) is 3.32. The second kappa shape index (κ2) is 7.48. The molecule has 0 unspecified atom stereocenters. The fraction of sp³-hybridized carbons (Fsp3) is 0.300. The van der Waals surface area contributed by atoms with Crippen molar-refractivity contribution in [2.24, 2.45) is 0 Å². The first kappa shape index (κ1) is 17.1. The van der Waals surface area contributed by atoms with Crippen LogP contribution < -0.4 is 4.74 Å². The number of methoxy groups -OCH3 is 1. The minimum atomic E-state index is 0.279. The highest BCUT2D eigenvalue weighted by Gasteiger charge is 2.28. The van der Waals surface area contributed by atoms with Crippen molar-refractivity contribution in [2.75, 3.05) is 20.2 Å². The van der Waals surface area contributed by atoms with Crippen LogP contribution in [0, 0.1) is 0 Å². The molecule has 26 heavy (non-hydrogen) atoms. The summed E-state index contributed by atoms with van der Waals surface area (Å²) < 4.78 is 11.1. The van der Waals surface area contributed by atoms with Crippen molar-refractivity contribution in [3.05, 3.63) is 65.0 Å². The molecule has 0 aliphatic carbocycles. The molecule has 2 heterocycles. The second-order valence-electron chi connectivity index (χ2n) is 6.52. The molecule has 0 radical (unpaired) electrons. The molecule has 1 aromatic heterocycles. The fourth-order valence-electron chi connectivity index (χ4n) is 3.28. The van der Waals surface area contributed by atoms with Crippen LogP contribution in [0.4, 0.5) is 0 Å². The van der Waals surface area contributed by atoms with E-state index in [1.165, 1.54) is 5.56 Å². The van der Waals surface area contributed by atoms with Gasteiger partial charge in [-0.15, -0.1) is 10.2 Å². The Bertz CT molecular complexity index is 862. The number of ether oxygens (including phenoxy) is 1. The molecule has 1 aliphatic heterocycles. The fourth-order valence-corrected chi connectivity index (χ4v) is 3.40. The molecule has 134 valence electrons. The van der Waals surface area contributed by atoms with E-state index < -0.39 is 0 Å². The first-order chi connectivity index (χ1) is 12.7. The molecule has 0 N–H and O–H groups in total. The van der Waals surface area contributed by atoms with E-state index in [1.807, 2.05) is 36.4 Å². The quantitative estimate of drug-likeness (QED) is 0.667. The third-order valence-electron chi connectivity index (χ3n) is 4.72. The van der Waals surface area contributed by atoms with Crippen LogP contribution in [0.3, 0.4) is 0 Å². The molecule has 1 aliphatic rings. The number of likely N-dealkylation sites (tertiary alicyclic amines) is 1. The van der Waals surface area contributed by atoms with E-state index in [9.17, 15) is 0 Å². The number of halogens is 1. The van der Waals surface area contributed by atoms with Crippen molar-refractivity contribution < 1.29 is 9.15 Å². The van der Waals surface area contributed by atoms with Crippen molar-refractivity contribution in [1.29, 1.82) is 0 Å². The van der Waals surface area contributed by atoms with Crippen LogP contribution in [0.2, 0.25) is 5.02 Å². The molecular weight excluding hydrogens is 350 g/mol. The van der Waals surface area contributed by atoms with Crippen molar-refractivity contribution in [3.63, 3.8) is 0 Å². The monoisotopic (exact) mass is 369 g/mol. The summed E-state index contributed by atoms with van der Waals surface area (Å²) in [6.45, 7) is 2.86. The largest absolute Gasteiger partial charge is 0.497 e. The van der Waals surface area contributed by atoms with E-state index in [4.69, 9.17) is 20.8 Å². The highest BCUT2D eigenvalue weighted by atomic mass is 35.5. The van der Waals surface area contributed by atoms with E-state index in [-0.39, 0.29) is 5.92 Å². The van der Waals surface area contributed by atoms with E-state index >= 15 is 0 Å². The summed E-state index contributed by atoms with van der Waals surface area (Å²) in [7, 11) is 1.68. The van der Waals surface area contributed by atoms with Crippen LogP contribution in [0.25, 0.3) is 11.5 Å². The van der Waals surface area contributed by atoms with Crippen molar-refractivity contribution in [3.8, 4) is 17.2 Å².